The Morgan fingerprint density at radius 3 is 1.95 bits per heavy atom. The molecule has 0 radical (unpaired) electrons. The van der Waals surface area contributed by atoms with E-state index in [4.69, 9.17) is 0 Å². The highest BCUT2D eigenvalue weighted by Gasteiger charge is 2.32. The van der Waals surface area contributed by atoms with Crippen LogP contribution >= 0.6 is 0 Å². The average Bonchev–Trinajstić information content (AvgIpc) is 2.89. The molecule has 112 valence electrons. The average molecular weight is 279 g/mol. The first-order valence-electron chi connectivity index (χ1n) is 8.08. The van der Waals surface area contributed by atoms with Gasteiger partial charge in [0.25, 0.3) is 0 Å². The number of hydrogen-bond acceptors (Lipinski definition) is 2. The SMILES string of the molecule is O=C(NC1CCCC1)N1CCN(C(=O)C2CCC2)CC1. The van der Waals surface area contributed by atoms with E-state index in [1.54, 1.807) is 0 Å². The van der Waals surface area contributed by atoms with Gasteiger partial charge in [0.1, 0.15) is 0 Å². The van der Waals surface area contributed by atoms with E-state index in [0.29, 0.717) is 38.1 Å². The van der Waals surface area contributed by atoms with Crippen LogP contribution in [0.25, 0.3) is 0 Å². The quantitative estimate of drug-likeness (QED) is 0.834. The number of rotatable bonds is 2. The Hall–Kier alpha value is -1.26. The first-order valence-corrected chi connectivity index (χ1v) is 8.08. The molecule has 0 aromatic carbocycles. The topological polar surface area (TPSA) is 52.7 Å². The maximum Gasteiger partial charge on any atom is 0.317 e. The Labute approximate surface area is 120 Å². The number of piperazine rings is 1. The van der Waals surface area contributed by atoms with Crippen LogP contribution < -0.4 is 5.32 Å². The van der Waals surface area contributed by atoms with Gasteiger partial charge in [-0.25, -0.2) is 4.79 Å². The number of nitrogens with zero attached hydrogens (tertiary/aromatic N) is 2. The van der Waals surface area contributed by atoms with Crippen molar-refractivity contribution in [3.63, 3.8) is 0 Å². The van der Waals surface area contributed by atoms with E-state index in [0.717, 1.165) is 25.7 Å². The third kappa shape index (κ3) is 2.91. The Morgan fingerprint density at radius 1 is 0.800 bits per heavy atom. The number of nitrogens with one attached hydrogen (secondary N) is 1. The van der Waals surface area contributed by atoms with E-state index in [9.17, 15) is 9.59 Å². The summed E-state index contributed by atoms with van der Waals surface area (Å²) in [5, 5.41) is 3.12. The van der Waals surface area contributed by atoms with Crippen molar-refractivity contribution in [2.75, 3.05) is 26.2 Å². The van der Waals surface area contributed by atoms with Crippen LogP contribution in [-0.2, 0) is 4.79 Å². The molecule has 1 saturated heterocycles. The Morgan fingerprint density at radius 2 is 1.40 bits per heavy atom. The molecule has 0 aromatic rings. The van der Waals surface area contributed by atoms with Crippen LogP contribution in [0.4, 0.5) is 4.79 Å². The largest absolute Gasteiger partial charge is 0.339 e. The predicted octanol–water partition coefficient (Wildman–Crippen LogP) is 1.58. The molecule has 5 nitrogen and oxygen atoms in total. The van der Waals surface area contributed by atoms with Crippen molar-refractivity contribution in [1.82, 2.24) is 15.1 Å². The third-order valence-corrected chi connectivity index (χ3v) is 5.02. The number of carbonyl (C=O) groups excluding carboxylic acids is 2. The molecule has 3 rings (SSSR count). The smallest absolute Gasteiger partial charge is 0.317 e. The van der Waals surface area contributed by atoms with Crippen molar-refractivity contribution in [3.05, 3.63) is 0 Å². The second-order valence-corrected chi connectivity index (χ2v) is 6.37. The molecular formula is C15H25N3O2. The summed E-state index contributed by atoms with van der Waals surface area (Å²) in [7, 11) is 0. The van der Waals surface area contributed by atoms with Gasteiger partial charge in [0.2, 0.25) is 5.91 Å². The minimum Gasteiger partial charge on any atom is -0.339 e. The van der Waals surface area contributed by atoms with Crippen LogP contribution in [0.2, 0.25) is 0 Å². The van der Waals surface area contributed by atoms with Gasteiger partial charge in [0.15, 0.2) is 0 Å². The van der Waals surface area contributed by atoms with Crippen molar-refractivity contribution in [1.29, 1.82) is 0 Å². The molecule has 3 fully saturated rings. The molecule has 0 unspecified atom stereocenters. The molecule has 20 heavy (non-hydrogen) atoms. The Kier molecular flexibility index (Phi) is 4.13. The van der Waals surface area contributed by atoms with Crippen LogP contribution in [0.3, 0.4) is 0 Å². The second kappa shape index (κ2) is 6.02. The zero-order valence-electron chi connectivity index (χ0n) is 12.1. The summed E-state index contributed by atoms with van der Waals surface area (Å²) in [6.45, 7) is 2.76. The summed E-state index contributed by atoms with van der Waals surface area (Å²) in [4.78, 5) is 28.1. The molecular weight excluding hydrogens is 254 g/mol. The fourth-order valence-corrected chi connectivity index (χ4v) is 3.38. The lowest BCUT2D eigenvalue weighted by molar-refractivity contribution is -0.139. The highest BCUT2D eigenvalue weighted by molar-refractivity contribution is 5.80. The Bertz CT molecular complexity index is 367. The van der Waals surface area contributed by atoms with Crippen LogP contribution in [0.1, 0.15) is 44.9 Å². The summed E-state index contributed by atoms with van der Waals surface area (Å²) >= 11 is 0. The maximum absolute atomic E-state index is 12.1. The van der Waals surface area contributed by atoms with Gasteiger partial charge in [-0.3, -0.25) is 4.79 Å². The Balaban J connectivity index is 1.43. The molecule has 1 heterocycles. The van der Waals surface area contributed by atoms with Crippen molar-refractivity contribution >= 4 is 11.9 Å². The summed E-state index contributed by atoms with van der Waals surface area (Å²) in [5.41, 5.74) is 0. The number of urea groups is 1. The van der Waals surface area contributed by atoms with Crippen LogP contribution in [0.5, 0.6) is 0 Å². The summed E-state index contributed by atoms with van der Waals surface area (Å²) < 4.78 is 0. The first kappa shape index (κ1) is 13.7. The fourth-order valence-electron chi connectivity index (χ4n) is 3.38. The molecule has 0 atom stereocenters. The van der Waals surface area contributed by atoms with Gasteiger partial charge in [0.05, 0.1) is 0 Å². The number of hydrogen-bond donors (Lipinski definition) is 1. The first-order chi connectivity index (χ1) is 9.74. The minimum absolute atomic E-state index is 0.0626. The number of amides is 3. The molecule has 0 aromatic heterocycles. The molecule has 0 bridgehead atoms. The molecule has 2 aliphatic carbocycles. The zero-order valence-corrected chi connectivity index (χ0v) is 12.1. The van der Waals surface area contributed by atoms with E-state index in [1.807, 2.05) is 9.80 Å². The van der Waals surface area contributed by atoms with Crippen molar-refractivity contribution in [2.24, 2.45) is 5.92 Å². The highest BCUT2D eigenvalue weighted by Crippen LogP contribution is 2.28. The zero-order chi connectivity index (χ0) is 13.9. The van der Waals surface area contributed by atoms with Crippen molar-refractivity contribution in [3.8, 4) is 0 Å². The highest BCUT2D eigenvalue weighted by atomic mass is 16.2. The van der Waals surface area contributed by atoms with E-state index < -0.39 is 0 Å². The van der Waals surface area contributed by atoms with Crippen LogP contribution in [0, 0.1) is 5.92 Å². The van der Waals surface area contributed by atoms with E-state index >= 15 is 0 Å². The van der Waals surface area contributed by atoms with Crippen molar-refractivity contribution in [2.45, 2.75) is 51.0 Å². The summed E-state index contributed by atoms with van der Waals surface area (Å²) in [6.07, 6.45) is 8.00. The lowest BCUT2D eigenvalue weighted by Gasteiger charge is -2.38. The van der Waals surface area contributed by atoms with E-state index in [2.05, 4.69) is 5.32 Å². The van der Waals surface area contributed by atoms with Gasteiger partial charge in [-0.1, -0.05) is 19.3 Å². The normalized spacial score (nSPS) is 24.6. The predicted molar refractivity (Wildman–Crippen MR) is 76.3 cm³/mol. The van der Waals surface area contributed by atoms with Gasteiger partial charge in [0, 0.05) is 38.1 Å². The second-order valence-electron chi connectivity index (χ2n) is 6.37. The van der Waals surface area contributed by atoms with Crippen molar-refractivity contribution < 1.29 is 9.59 Å². The summed E-state index contributed by atoms with van der Waals surface area (Å²) in [6, 6.07) is 0.435. The molecule has 1 aliphatic heterocycles. The fraction of sp³-hybridized carbons (Fsp3) is 0.867. The molecule has 1 N–H and O–H groups in total. The van der Waals surface area contributed by atoms with Gasteiger partial charge in [-0.15, -0.1) is 0 Å². The van der Waals surface area contributed by atoms with Gasteiger partial charge < -0.3 is 15.1 Å². The minimum atomic E-state index is 0.0626. The molecule has 3 amide bonds. The number of carbonyl (C=O) groups is 2. The molecule has 2 saturated carbocycles. The van der Waals surface area contributed by atoms with Crippen LogP contribution in [0.15, 0.2) is 0 Å². The molecule has 5 heteroatoms. The standard InChI is InChI=1S/C15H25N3O2/c19-14(12-4-3-5-12)17-8-10-18(11-9-17)15(20)16-13-6-1-2-7-13/h12-13H,1-11H2,(H,16,20). The van der Waals surface area contributed by atoms with Gasteiger partial charge in [-0.05, 0) is 25.7 Å². The van der Waals surface area contributed by atoms with E-state index in [-0.39, 0.29) is 11.9 Å². The van der Waals surface area contributed by atoms with Gasteiger partial charge in [-0.2, -0.15) is 0 Å². The third-order valence-electron chi connectivity index (χ3n) is 5.02. The van der Waals surface area contributed by atoms with E-state index in [1.165, 1.54) is 19.3 Å². The lowest BCUT2D eigenvalue weighted by atomic mass is 9.84. The van der Waals surface area contributed by atoms with Gasteiger partial charge >= 0.3 is 6.03 Å². The van der Waals surface area contributed by atoms with Crippen LogP contribution in [-0.4, -0.2) is 54.0 Å². The molecule has 0 spiro atoms. The summed E-state index contributed by atoms with van der Waals surface area (Å²) in [5.74, 6) is 0.584. The maximum atomic E-state index is 12.1. The molecule has 3 aliphatic rings. The monoisotopic (exact) mass is 279 g/mol. The lowest BCUT2D eigenvalue weighted by Crippen LogP contribution is -2.55.